The highest BCUT2D eigenvalue weighted by Crippen LogP contribution is 2.23. The van der Waals surface area contributed by atoms with Crippen molar-refractivity contribution in [1.82, 2.24) is 19.9 Å². The van der Waals surface area contributed by atoms with Crippen LogP contribution in [0.25, 0.3) is 11.2 Å². The molecule has 0 bridgehead atoms. The number of amides is 1. The van der Waals surface area contributed by atoms with Crippen LogP contribution in [-0.2, 0) is 17.8 Å². The van der Waals surface area contributed by atoms with Gasteiger partial charge in [-0.2, -0.15) is 0 Å². The van der Waals surface area contributed by atoms with Crippen molar-refractivity contribution in [3.8, 4) is 0 Å². The summed E-state index contributed by atoms with van der Waals surface area (Å²) in [5, 5.41) is 3.12. The molecule has 1 unspecified atom stereocenters. The van der Waals surface area contributed by atoms with E-state index in [2.05, 4.69) is 39.5 Å². The Balaban J connectivity index is 1.24. The molecule has 35 heavy (non-hydrogen) atoms. The fourth-order valence-electron chi connectivity index (χ4n) is 4.71. The van der Waals surface area contributed by atoms with Crippen molar-refractivity contribution in [3.63, 3.8) is 0 Å². The number of anilines is 1. The molecular formula is C28H30FN5O. The van der Waals surface area contributed by atoms with Gasteiger partial charge in [0, 0.05) is 37.8 Å². The van der Waals surface area contributed by atoms with Crippen LogP contribution < -0.4 is 10.2 Å². The van der Waals surface area contributed by atoms with Crippen LogP contribution in [0.3, 0.4) is 0 Å². The third kappa shape index (κ3) is 5.34. The fourth-order valence-corrected chi connectivity index (χ4v) is 4.71. The molecule has 1 saturated heterocycles. The van der Waals surface area contributed by atoms with Gasteiger partial charge in [0.2, 0.25) is 5.91 Å². The van der Waals surface area contributed by atoms with Crippen LogP contribution >= 0.6 is 0 Å². The van der Waals surface area contributed by atoms with Crippen LogP contribution in [0.4, 0.5) is 10.1 Å². The Morgan fingerprint density at radius 2 is 1.80 bits per heavy atom. The summed E-state index contributed by atoms with van der Waals surface area (Å²) in [5.74, 6) is 0.509. The maximum Gasteiger partial charge on any atom is 0.220 e. The minimum absolute atomic E-state index is 0.0190. The Morgan fingerprint density at radius 1 is 1.06 bits per heavy atom. The molecule has 1 fully saturated rings. The van der Waals surface area contributed by atoms with E-state index in [4.69, 9.17) is 4.98 Å². The number of aryl methyl sites for hydroxylation is 1. The second-order valence-electron chi connectivity index (χ2n) is 9.16. The minimum atomic E-state index is -0.265. The first-order valence-corrected chi connectivity index (χ1v) is 12.3. The molecule has 5 rings (SSSR count). The molecular weight excluding hydrogens is 441 g/mol. The van der Waals surface area contributed by atoms with Gasteiger partial charge in [0.15, 0.2) is 5.65 Å². The molecule has 1 N–H and O–H groups in total. The number of carbonyl (C=O) groups is 1. The molecule has 2 aromatic carbocycles. The number of aromatic nitrogens is 3. The van der Waals surface area contributed by atoms with E-state index in [1.807, 2.05) is 23.6 Å². The zero-order chi connectivity index (χ0) is 24.2. The number of rotatable bonds is 8. The Hall–Kier alpha value is -3.74. The molecule has 6 nitrogen and oxygen atoms in total. The van der Waals surface area contributed by atoms with Crippen LogP contribution in [-0.4, -0.2) is 33.5 Å². The summed E-state index contributed by atoms with van der Waals surface area (Å²) >= 11 is 0. The number of carbonyl (C=O) groups excluding carboxylic acids is 1. The number of pyridine rings is 1. The Kier molecular flexibility index (Phi) is 6.75. The van der Waals surface area contributed by atoms with Crippen LogP contribution in [0.1, 0.15) is 49.2 Å². The molecule has 1 atom stereocenters. The quantitative estimate of drug-likeness (QED) is 0.392. The number of benzene rings is 2. The van der Waals surface area contributed by atoms with Crippen molar-refractivity contribution in [2.24, 2.45) is 0 Å². The first kappa shape index (κ1) is 23.0. The lowest BCUT2D eigenvalue weighted by atomic mass is 10.1. The molecule has 1 aliphatic rings. The second-order valence-corrected chi connectivity index (χ2v) is 9.16. The van der Waals surface area contributed by atoms with Gasteiger partial charge in [-0.3, -0.25) is 4.79 Å². The third-order valence-corrected chi connectivity index (χ3v) is 6.65. The van der Waals surface area contributed by atoms with Gasteiger partial charge in [-0.25, -0.2) is 14.4 Å². The molecule has 1 amide bonds. The van der Waals surface area contributed by atoms with E-state index in [-0.39, 0.29) is 17.8 Å². The first-order chi connectivity index (χ1) is 17.1. The highest BCUT2D eigenvalue weighted by atomic mass is 19.1. The topological polar surface area (TPSA) is 63.1 Å². The summed E-state index contributed by atoms with van der Waals surface area (Å²) in [6.45, 7) is 4.77. The highest BCUT2D eigenvalue weighted by Gasteiger charge is 2.16. The lowest BCUT2D eigenvalue weighted by Gasteiger charge is -2.19. The molecule has 7 heteroatoms. The van der Waals surface area contributed by atoms with Crippen molar-refractivity contribution in [2.75, 3.05) is 18.0 Å². The number of nitrogens with one attached hydrogen (secondary N) is 1. The van der Waals surface area contributed by atoms with E-state index in [1.165, 1.54) is 30.7 Å². The first-order valence-electron chi connectivity index (χ1n) is 12.3. The zero-order valence-electron chi connectivity index (χ0n) is 20.0. The number of imidazole rings is 1. The van der Waals surface area contributed by atoms with Crippen LogP contribution in [0.5, 0.6) is 0 Å². The molecule has 4 aromatic rings. The SMILES string of the molecule is CC(NC(=O)CCc1nc2cccnc2n1Cc1ccc(F)cc1)c1ccc(N2CCCC2)cc1. The van der Waals surface area contributed by atoms with Gasteiger partial charge in [0.25, 0.3) is 0 Å². The summed E-state index contributed by atoms with van der Waals surface area (Å²) in [4.78, 5) is 24.4. The van der Waals surface area contributed by atoms with E-state index in [0.717, 1.165) is 41.2 Å². The molecule has 3 heterocycles. The highest BCUT2D eigenvalue weighted by molar-refractivity contribution is 5.77. The largest absolute Gasteiger partial charge is 0.372 e. The van der Waals surface area contributed by atoms with E-state index >= 15 is 0 Å². The summed E-state index contributed by atoms with van der Waals surface area (Å²) < 4.78 is 15.4. The Morgan fingerprint density at radius 3 is 2.54 bits per heavy atom. The zero-order valence-corrected chi connectivity index (χ0v) is 20.0. The lowest BCUT2D eigenvalue weighted by molar-refractivity contribution is -0.121. The number of halogens is 1. The van der Waals surface area contributed by atoms with Crippen molar-refractivity contribution in [1.29, 1.82) is 0 Å². The number of fused-ring (bicyclic) bond motifs is 1. The smallest absolute Gasteiger partial charge is 0.220 e. The van der Waals surface area contributed by atoms with Crippen molar-refractivity contribution in [2.45, 2.75) is 45.2 Å². The average molecular weight is 472 g/mol. The molecule has 180 valence electrons. The summed E-state index contributed by atoms with van der Waals surface area (Å²) in [7, 11) is 0. The van der Waals surface area contributed by atoms with Crippen molar-refractivity contribution >= 4 is 22.8 Å². The van der Waals surface area contributed by atoms with Crippen LogP contribution in [0.2, 0.25) is 0 Å². The maximum atomic E-state index is 13.3. The number of hydrogen-bond acceptors (Lipinski definition) is 4. The van der Waals surface area contributed by atoms with E-state index < -0.39 is 0 Å². The number of hydrogen-bond donors (Lipinski definition) is 1. The van der Waals surface area contributed by atoms with E-state index in [0.29, 0.717) is 19.4 Å². The maximum absolute atomic E-state index is 13.3. The summed E-state index contributed by atoms with van der Waals surface area (Å²) in [6.07, 6.45) is 5.05. The summed E-state index contributed by atoms with van der Waals surface area (Å²) in [6, 6.07) is 18.6. The molecule has 0 spiro atoms. The van der Waals surface area contributed by atoms with Crippen LogP contribution in [0.15, 0.2) is 66.9 Å². The molecule has 0 radical (unpaired) electrons. The monoisotopic (exact) mass is 471 g/mol. The average Bonchev–Trinajstić information content (AvgIpc) is 3.53. The molecule has 0 saturated carbocycles. The normalized spacial score (nSPS) is 14.4. The van der Waals surface area contributed by atoms with Gasteiger partial charge in [0.1, 0.15) is 17.2 Å². The summed E-state index contributed by atoms with van der Waals surface area (Å²) in [5.41, 5.74) is 4.84. The number of nitrogens with zero attached hydrogens (tertiary/aromatic N) is 4. The predicted octanol–water partition coefficient (Wildman–Crippen LogP) is 5.03. The van der Waals surface area contributed by atoms with Crippen molar-refractivity contribution in [3.05, 3.63) is 89.6 Å². The predicted molar refractivity (Wildman–Crippen MR) is 136 cm³/mol. The van der Waals surface area contributed by atoms with Gasteiger partial charge in [-0.1, -0.05) is 24.3 Å². The molecule has 0 aliphatic carbocycles. The van der Waals surface area contributed by atoms with Crippen LogP contribution in [0, 0.1) is 5.82 Å². The standard InChI is InChI=1S/C28H30FN5O/c1-20(22-8-12-24(13-9-22)33-17-2-3-18-33)31-27(35)15-14-26-32-25-5-4-16-30-28(25)34(26)19-21-6-10-23(29)11-7-21/h4-13,16,20H,2-3,14-15,17-19H2,1H3,(H,31,35). The third-order valence-electron chi connectivity index (χ3n) is 6.65. The van der Waals surface area contributed by atoms with Gasteiger partial charge in [-0.15, -0.1) is 0 Å². The van der Waals surface area contributed by atoms with Gasteiger partial charge in [0.05, 0.1) is 12.6 Å². The molecule has 1 aliphatic heterocycles. The van der Waals surface area contributed by atoms with Gasteiger partial charge >= 0.3 is 0 Å². The van der Waals surface area contributed by atoms with Crippen molar-refractivity contribution < 1.29 is 9.18 Å². The fraction of sp³-hybridized carbons (Fsp3) is 0.321. The Bertz CT molecular complexity index is 1290. The van der Waals surface area contributed by atoms with E-state index in [1.54, 1.807) is 18.3 Å². The molecule has 2 aromatic heterocycles. The van der Waals surface area contributed by atoms with Gasteiger partial charge in [-0.05, 0) is 67.3 Å². The minimum Gasteiger partial charge on any atom is -0.372 e. The Labute approximate surface area is 204 Å². The second kappa shape index (κ2) is 10.3. The van der Waals surface area contributed by atoms with Gasteiger partial charge < -0.3 is 14.8 Å². The lowest BCUT2D eigenvalue weighted by Crippen LogP contribution is -2.27. The van der Waals surface area contributed by atoms with E-state index in [9.17, 15) is 9.18 Å².